The Kier molecular flexibility index (Phi) is 4.14. The topological polar surface area (TPSA) is 49.3 Å². The quantitative estimate of drug-likeness (QED) is 0.751. The van der Waals surface area contributed by atoms with Crippen molar-refractivity contribution in [3.8, 4) is 0 Å². The first-order chi connectivity index (χ1) is 6.93. The van der Waals surface area contributed by atoms with Crippen molar-refractivity contribution >= 4 is 5.91 Å². The van der Waals surface area contributed by atoms with E-state index in [1.807, 2.05) is 0 Å². The van der Waals surface area contributed by atoms with E-state index in [1.165, 1.54) is 33.1 Å². The molecule has 0 aliphatic heterocycles. The number of carbonyl (C=O) groups excluding carboxylic acids is 1. The molecule has 1 aliphatic rings. The third kappa shape index (κ3) is 3.82. The second-order valence-corrected chi connectivity index (χ2v) is 5.16. The molecule has 1 amide bonds. The number of carbonyl (C=O) groups is 1. The van der Waals surface area contributed by atoms with E-state index in [0.717, 1.165) is 18.8 Å². The van der Waals surface area contributed by atoms with Gasteiger partial charge in [0.25, 0.3) is 5.91 Å². The van der Waals surface area contributed by atoms with Gasteiger partial charge in [-0.05, 0) is 45.4 Å². The first kappa shape index (κ1) is 12.5. The van der Waals surface area contributed by atoms with Gasteiger partial charge in [-0.15, -0.1) is 0 Å². The number of aliphatic hydroxyl groups is 1. The molecule has 3 nitrogen and oxygen atoms in total. The summed E-state index contributed by atoms with van der Waals surface area (Å²) < 4.78 is 0. The molecule has 0 aromatic heterocycles. The summed E-state index contributed by atoms with van der Waals surface area (Å²) in [5.41, 5.74) is -1.25. The van der Waals surface area contributed by atoms with Crippen LogP contribution in [0.4, 0.5) is 0 Å². The highest BCUT2D eigenvalue weighted by atomic mass is 16.3. The normalized spacial score (nSPS) is 27.5. The third-order valence-electron chi connectivity index (χ3n) is 3.31. The van der Waals surface area contributed by atoms with Crippen LogP contribution in [0.15, 0.2) is 0 Å². The molecule has 1 rings (SSSR count). The maximum atomic E-state index is 11.5. The van der Waals surface area contributed by atoms with Crippen LogP contribution >= 0.6 is 0 Å². The summed E-state index contributed by atoms with van der Waals surface area (Å²) in [5, 5.41) is 12.4. The Morgan fingerprint density at radius 2 is 1.87 bits per heavy atom. The number of rotatable bonds is 3. The Morgan fingerprint density at radius 3 is 2.27 bits per heavy atom. The lowest BCUT2D eigenvalue weighted by Gasteiger charge is -2.30. The fraction of sp³-hybridized carbons (Fsp3) is 0.917. The van der Waals surface area contributed by atoms with Gasteiger partial charge in [0.05, 0.1) is 0 Å². The van der Waals surface area contributed by atoms with Crippen molar-refractivity contribution in [2.45, 2.75) is 64.5 Å². The van der Waals surface area contributed by atoms with Crippen LogP contribution in [0.25, 0.3) is 0 Å². The summed E-state index contributed by atoms with van der Waals surface area (Å²) in [6, 6.07) is 0.270. The van der Waals surface area contributed by atoms with E-state index >= 15 is 0 Å². The molecule has 0 aromatic rings. The predicted octanol–water partition coefficient (Wildman–Crippen LogP) is 1.84. The highest BCUT2D eigenvalue weighted by Gasteiger charge is 2.28. The number of amides is 1. The van der Waals surface area contributed by atoms with Crippen LogP contribution in [-0.2, 0) is 4.79 Å². The predicted molar refractivity (Wildman–Crippen MR) is 60.5 cm³/mol. The van der Waals surface area contributed by atoms with E-state index < -0.39 is 5.60 Å². The van der Waals surface area contributed by atoms with Crippen LogP contribution in [0.2, 0.25) is 0 Å². The largest absolute Gasteiger partial charge is 0.381 e. The summed E-state index contributed by atoms with van der Waals surface area (Å²) in [4.78, 5) is 11.5. The molecule has 1 fully saturated rings. The van der Waals surface area contributed by atoms with E-state index in [2.05, 4.69) is 12.2 Å². The maximum Gasteiger partial charge on any atom is 0.251 e. The van der Waals surface area contributed by atoms with E-state index in [4.69, 9.17) is 0 Å². The molecule has 0 bridgehead atoms. The zero-order valence-electron chi connectivity index (χ0n) is 10.0. The van der Waals surface area contributed by atoms with Crippen LogP contribution in [0.3, 0.4) is 0 Å². The minimum Gasteiger partial charge on any atom is -0.381 e. The molecule has 0 aromatic carbocycles. The molecule has 1 aliphatic carbocycles. The van der Waals surface area contributed by atoms with E-state index in [0.29, 0.717) is 0 Å². The molecule has 0 saturated heterocycles. The first-order valence-corrected chi connectivity index (χ1v) is 5.96. The fourth-order valence-electron chi connectivity index (χ4n) is 2.08. The van der Waals surface area contributed by atoms with Crippen LogP contribution in [0.5, 0.6) is 0 Å². The Balaban J connectivity index is 2.33. The molecule has 2 N–H and O–H groups in total. The van der Waals surface area contributed by atoms with Gasteiger partial charge in [-0.2, -0.15) is 0 Å². The van der Waals surface area contributed by atoms with Gasteiger partial charge in [0.1, 0.15) is 5.60 Å². The number of hydrogen-bond donors (Lipinski definition) is 2. The second-order valence-electron chi connectivity index (χ2n) is 5.16. The summed E-state index contributed by atoms with van der Waals surface area (Å²) in [7, 11) is 0. The van der Waals surface area contributed by atoms with Crippen molar-refractivity contribution in [2.75, 3.05) is 0 Å². The zero-order chi connectivity index (χ0) is 11.5. The van der Waals surface area contributed by atoms with Gasteiger partial charge < -0.3 is 10.4 Å². The average Bonchev–Trinajstić information content (AvgIpc) is 2.17. The van der Waals surface area contributed by atoms with E-state index in [1.54, 1.807) is 0 Å². The Hall–Kier alpha value is -0.570. The summed E-state index contributed by atoms with van der Waals surface area (Å²) >= 11 is 0. The highest BCUT2D eigenvalue weighted by molar-refractivity contribution is 5.84. The van der Waals surface area contributed by atoms with Crippen molar-refractivity contribution in [1.82, 2.24) is 5.32 Å². The summed E-state index contributed by atoms with van der Waals surface area (Å²) in [5.74, 6) is 0.586. The van der Waals surface area contributed by atoms with Gasteiger partial charge in [-0.25, -0.2) is 0 Å². The van der Waals surface area contributed by atoms with Crippen molar-refractivity contribution in [3.05, 3.63) is 0 Å². The fourth-order valence-corrected chi connectivity index (χ4v) is 2.08. The zero-order valence-corrected chi connectivity index (χ0v) is 10.0. The van der Waals surface area contributed by atoms with E-state index in [-0.39, 0.29) is 11.9 Å². The average molecular weight is 213 g/mol. The maximum absolute atomic E-state index is 11.5. The van der Waals surface area contributed by atoms with Gasteiger partial charge in [-0.1, -0.05) is 13.3 Å². The molecule has 3 heteroatoms. The Labute approximate surface area is 92.3 Å². The van der Waals surface area contributed by atoms with Crippen LogP contribution in [0.1, 0.15) is 52.9 Å². The second kappa shape index (κ2) is 4.97. The van der Waals surface area contributed by atoms with Crippen molar-refractivity contribution in [1.29, 1.82) is 0 Å². The summed E-state index contributed by atoms with van der Waals surface area (Å²) in [6.45, 7) is 5.28. The first-order valence-electron chi connectivity index (χ1n) is 5.96. The van der Waals surface area contributed by atoms with Crippen LogP contribution in [0, 0.1) is 5.92 Å². The third-order valence-corrected chi connectivity index (χ3v) is 3.31. The minimum absolute atomic E-state index is 0.248. The van der Waals surface area contributed by atoms with Gasteiger partial charge >= 0.3 is 0 Å². The molecule has 0 atom stereocenters. The van der Waals surface area contributed by atoms with Crippen LogP contribution in [-0.4, -0.2) is 22.7 Å². The Morgan fingerprint density at radius 1 is 1.33 bits per heavy atom. The summed E-state index contributed by atoms with van der Waals surface area (Å²) in [6.07, 6.45) is 5.76. The van der Waals surface area contributed by atoms with Gasteiger partial charge in [0.2, 0.25) is 0 Å². The van der Waals surface area contributed by atoms with Crippen molar-refractivity contribution in [2.24, 2.45) is 5.92 Å². The van der Waals surface area contributed by atoms with E-state index in [9.17, 15) is 9.90 Å². The molecule has 0 radical (unpaired) electrons. The molecule has 88 valence electrons. The lowest BCUT2D eigenvalue weighted by atomic mass is 9.84. The van der Waals surface area contributed by atoms with Crippen molar-refractivity contribution < 1.29 is 9.90 Å². The van der Waals surface area contributed by atoms with Gasteiger partial charge in [0.15, 0.2) is 0 Å². The molecular weight excluding hydrogens is 190 g/mol. The number of nitrogens with one attached hydrogen (secondary N) is 1. The standard InChI is InChI=1S/C12H23NO2/c1-4-9-5-7-10(8-6-9)13-11(14)12(2,3)15/h9-10,15H,4-8H2,1-3H3,(H,13,14). The molecule has 0 spiro atoms. The van der Waals surface area contributed by atoms with Crippen LogP contribution < -0.4 is 5.32 Å². The van der Waals surface area contributed by atoms with Gasteiger partial charge in [-0.3, -0.25) is 4.79 Å². The molecular formula is C12H23NO2. The highest BCUT2D eigenvalue weighted by Crippen LogP contribution is 2.26. The SMILES string of the molecule is CCC1CCC(NC(=O)C(C)(C)O)CC1. The Bertz CT molecular complexity index is 212. The van der Waals surface area contributed by atoms with Crippen molar-refractivity contribution in [3.63, 3.8) is 0 Å². The molecule has 0 heterocycles. The molecule has 0 unspecified atom stereocenters. The monoisotopic (exact) mass is 213 g/mol. The van der Waals surface area contributed by atoms with Gasteiger partial charge in [0, 0.05) is 6.04 Å². The lowest BCUT2D eigenvalue weighted by molar-refractivity contribution is -0.137. The smallest absolute Gasteiger partial charge is 0.251 e. The molecule has 1 saturated carbocycles. The molecule has 15 heavy (non-hydrogen) atoms. The number of hydrogen-bond acceptors (Lipinski definition) is 2. The minimum atomic E-state index is -1.25. The lowest BCUT2D eigenvalue weighted by Crippen LogP contribution is -2.47.